The number of sulfonamides is 1. The van der Waals surface area contributed by atoms with E-state index in [4.69, 9.17) is 4.74 Å². The second-order valence-electron chi connectivity index (χ2n) is 5.31. The first kappa shape index (κ1) is 15.0. The minimum absolute atomic E-state index is 0.160. The molecule has 1 saturated heterocycles. The highest BCUT2D eigenvalue weighted by atomic mass is 32.2. The minimum atomic E-state index is -3.25. The van der Waals surface area contributed by atoms with Gasteiger partial charge >= 0.3 is 0 Å². The second kappa shape index (κ2) is 5.94. The molecule has 0 bridgehead atoms. The molecule has 1 aliphatic rings. The second-order valence-corrected chi connectivity index (χ2v) is 8.73. The fraction of sp³-hybridized carbons (Fsp3) is 0.538. The first-order valence-corrected chi connectivity index (χ1v) is 9.14. The third kappa shape index (κ3) is 3.59. The highest BCUT2D eigenvalue weighted by Gasteiger charge is 2.33. The Morgan fingerprint density at radius 2 is 1.95 bits per heavy atom. The standard InChI is InChI=1S/C13H18NO3S.Al.2H/c1-10(2)18(15,16)14-12-8-9-17-13(12)11-6-4-3-5-7-11;;;/h4-7,10,12-14H,8-9H2,1-2H3;;;/t12-,13-;;;/m1.../s1. The van der Waals surface area contributed by atoms with Crippen LogP contribution in [0, 0.1) is 0 Å². The van der Waals surface area contributed by atoms with Gasteiger partial charge in [-0.25, -0.2) is 13.1 Å². The van der Waals surface area contributed by atoms with Gasteiger partial charge < -0.3 is 4.74 Å². The van der Waals surface area contributed by atoms with Crippen LogP contribution in [0.25, 0.3) is 0 Å². The van der Waals surface area contributed by atoms with E-state index in [-0.39, 0.29) is 12.1 Å². The molecular weight excluding hydrogens is 277 g/mol. The number of benzene rings is 1. The highest BCUT2D eigenvalue weighted by Crippen LogP contribution is 2.29. The summed E-state index contributed by atoms with van der Waals surface area (Å²) in [6.07, 6.45) is 0.551. The van der Waals surface area contributed by atoms with Gasteiger partial charge in [0, 0.05) is 6.61 Å². The van der Waals surface area contributed by atoms with Gasteiger partial charge in [0.1, 0.15) is 0 Å². The van der Waals surface area contributed by atoms with Gasteiger partial charge in [-0.3, -0.25) is 0 Å². The Bertz CT molecular complexity index is 527. The largest absolute Gasteiger partial charge is 0.372 e. The molecule has 1 N–H and O–H groups in total. The van der Waals surface area contributed by atoms with Crippen LogP contribution in [0.15, 0.2) is 24.3 Å². The van der Waals surface area contributed by atoms with Crippen molar-refractivity contribution in [2.45, 2.75) is 37.7 Å². The number of nitrogens with one attached hydrogen (secondary N) is 1. The Hall–Kier alpha value is -0.378. The number of hydrogen-bond acceptors (Lipinski definition) is 3. The molecular formula is C13H20AlNO3S. The highest BCUT2D eigenvalue weighted by molar-refractivity contribution is 7.90. The average Bonchev–Trinajstić information content (AvgIpc) is 2.77. The van der Waals surface area contributed by atoms with E-state index in [0.29, 0.717) is 6.61 Å². The van der Waals surface area contributed by atoms with Gasteiger partial charge in [0.05, 0.1) is 17.4 Å². The van der Waals surface area contributed by atoms with Crippen molar-refractivity contribution in [1.29, 1.82) is 0 Å². The van der Waals surface area contributed by atoms with Gasteiger partial charge in [-0.1, -0.05) is 24.3 Å². The molecule has 19 heavy (non-hydrogen) atoms. The summed E-state index contributed by atoms with van der Waals surface area (Å²) < 4.78 is 33.7. The molecule has 1 aromatic rings. The van der Waals surface area contributed by atoms with Crippen LogP contribution in [-0.4, -0.2) is 42.6 Å². The quantitative estimate of drug-likeness (QED) is 0.802. The van der Waals surface area contributed by atoms with E-state index in [1.165, 1.54) is 4.43 Å². The van der Waals surface area contributed by atoms with Crippen molar-refractivity contribution >= 4 is 30.7 Å². The van der Waals surface area contributed by atoms with Crippen molar-refractivity contribution in [3.05, 3.63) is 29.8 Å². The third-order valence-corrected chi connectivity index (χ3v) is 5.97. The zero-order valence-electron chi connectivity index (χ0n) is 11.6. The van der Waals surface area contributed by atoms with Crippen molar-refractivity contribution in [1.82, 2.24) is 4.72 Å². The van der Waals surface area contributed by atoms with E-state index in [1.807, 2.05) is 12.1 Å². The zero-order valence-corrected chi connectivity index (χ0v) is 14.4. The van der Waals surface area contributed by atoms with Crippen LogP contribution >= 0.6 is 0 Å². The summed E-state index contributed by atoms with van der Waals surface area (Å²) in [6, 6.07) is 8.07. The van der Waals surface area contributed by atoms with Crippen molar-refractivity contribution in [2.75, 3.05) is 6.61 Å². The topological polar surface area (TPSA) is 55.4 Å². The number of rotatable bonds is 4. The maximum atomic E-state index is 12.0. The van der Waals surface area contributed by atoms with Crippen LogP contribution in [0.4, 0.5) is 0 Å². The van der Waals surface area contributed by atoms with Gasteiger partial charge in [-0.2, -0.15) is 0 Å². The van der Waals surface area contributed by atoms with Gasteiger partial charge in [0.15, 0.2) is 0 Å². The van der Waals surface area contributed by atoms with Crippen LogP contribution in [0.3, 0.4) is 0 Å². The summed E-state index contributed by atoms with van der Waals surface area (Å²) >= 11 is 1.02. The molecule has 0 aromatic heterocycles. The van der Waals surface area contributed by atoms with Crippen LogP contribution < -0.4 is 9.15 Å². The van der Waals surface area contributed by atoms with Crippen molar-refractivity contribution < 1.29 is 13.2 Å². The molecule has 0 aliphatic carbocycles. The molecule has 0 amide bonds. The predicted molar refractivity (Wildman–Crippen MR) is 78.9 cm³/mol. The molecule has 1 aromatic carbocycles. The lowest BCUT2D eigenvalue weighted by atomic mass is 10.0. The summed E-state index contributed by atoms with van der Waals surface area (Å²) in [5.74, 6) is 0. The Morgan fingerprint density at radius 3 is 2.53 bits per heavy atom. The average molecular weight is 297 g/mol. The molecule has 2 atom stereocenters. The van der Waals surface area contributed by atoms with Crippen molar-refractivity contribution in [3.8, 4) is 0 Å². The van der Waals surface area contributed by atoms with E-state index < -0.39 is 15.3 Å². The molecule has 1 fully saturated rings. The molecule has 0 saturated carbocycles. The Morgan fingerprint density at radius 1 is 1.32 bits per heavy atom. The monoisotopic (exact) mass is 297 g/mol. The van der Waals surface area contributed by atoms with Crippen LogP contribution in [0.5, 0.6) is 0 Å². The Kier molecular flexibility index (Phi) is 4.70. The Labute approximate surface area is 123 Å². The molecule has 4 nitrogen and oxygen atoms in total. The molecule has 1 heterocycles. The molecule has 6 heteroatoms. The van der Waals surface area contributed by atoms with Gasteiger partial charge in [-0.15, -0.1) is 4.43 Å². The van der Waals surface area contributed by atoms with Crippen LogP contribution in [-0.2, 0) is 14.8 Å². The first-order chi connectivity index (χ1) is 8.90. The zero-order chi connectivity index (χ0) is 14.0. The minimum Gasteiger partial charge on any atom is -0.372 e. The molecule has 104 valence electrons. The first-order valence-electron chi connectivity index (χ1n) is 6.59. The lowest BCUT2D eigenvalue weighted by Gasteiger charge is -2.21. The van der Waals surface area contributed by atoms with Gasteiger partial charge in [0.2, 0.25) is 10.0 Å². The van der Waals surface area contributed by atoms with E-state index in [0.717, 1.165) is 28.3 Å². The molecule has 1 aliphatic heterocycles. The molecule has 2 rings (SSSR count). The van der Waals surface area contributed by atoms with Crippen molar-refractivity contribution in [3.63, 3.8) is 0 Å². The summed E-state index contributed by atoms with van der Waals surface area (Å²) in [5, 5.41) is -0.419. The van der Waals surface area contributed by atoms with Gasteiger partial charge in [-0.05, 0) is 25.8 Å². The maximum Gasteiger partial charge on any atom is 0.258 e. The van der Waals surface area contributed by atoms with Gasteiger partial charge in [0.25, 0.3) is 16.3 Å². The van der Waals surface area contributed by atoms with Crippen LogP contribution in [0.1, 0.15) is 31.9 Å². The number of hydrogen-bond donors (Lipinski definition) is 1. The SMILES string of the molecule is CC(C)S(=O)(=O)N[C@@H]1CCO[C@@H]1c1cc[c]([AlH2])cc1. The molecule has 0 radical (unpaired) electrons. The normalized spacial score (nSPS) is 23.9. The lowest BCUT2D eigenvalue weighted by molar-refractivity contribution is 0.102. The van der Waals surface area contributed by atoms with E-state index >= 15 is 0 Å². The molecule has 0 spiro atoms. The summed E-state index contributed by atoms with van der Waals surface area (Å²) in [7, 11) is -3.25. The fourth-order valence-corrected chi connectivity index (χ4v) is 3.41. The summed E-state index contributed by atoms with van der Waals surface area (Å²) in [4.78, 5) is 0. The fourth-order valence-electron chi connectivity index (χ4n) is 2.14. The maximum absolute atomic E-state index is 12.0. The smallest absolute Gasteiger partial charge is 0.258 e. The summed E-state index contributed by atoms with van der Waals surface area (Å²) in [6.45, 7) is 3.96. The van der Waals surface area contributed by atoms with E-state index in [2.05, 4.69) is 16.9 Å². The van der Waals surface area contributed by atoms with Crippen molar-refractivity contribution in [2.24, 2.45) is 0 Å². The lowest BCUT2D eigenvalue weighted by Crippen LogP contribution is -2.40. The van der Waals surface area contributed by atoms with Crippen LogP contribution in [0.2, 0.25) is 0 Å². The van der Waals surface area contributed by atoms with E-state index in [9.17, 15) is 8.42 Å². The third-order valence-electron chi connectivity index (χ3n) is 3.43. The summed E-state index contributed by atoms with van der Waals surface area (Å²) in [5.41, 5.74) is 1.05. The molecule has 0 unspecified atom stereocenters. The van der Waals surface area contributed by atoms with E-state index in [1.54, 1.807) is 13.8 Å². The number of ether oxygens (including phenoxy) is 1. The Balaban J connectivity index is 2.15. The predicted octanol–water partition coefficient (Wildman–Crippen LogP) is 0.103.